The van der Waals surface area contributed by atoms with Gasteiger partial charge in [-0.2, -0.15) is 0 Å². The molecule has 136 valence electrons. The SMILES string of the molecule is O=C(CN1CC(=O)Oc2cc([N+](=O)[O-])ccc21)NCCCn1ccnc1. The number of nitro groups is 1. The van der Waals surface area contributed by atoms with Crippen LogP contribution >= 0.6 is 0 Å². The summed E-state index contributed by atoms with van der Waals surface area (Å²) in [7, 11) is 0. The van der Waals surface area contributed by atoms with Crippen LogP contribution in [0.2, 0.25) is 0 Å². The van der Waals surface area contributed by atoms with Gasteiger partial charge < -0.3 is 19.5 Å². The molecule has 0 bridgehead atoms. The average molecular weight is 359 g/mol. The van der Waals surface area contributed by atoms with Crippen LogP contribution in [0.1, 0.15) is 6.42 Å². The molecule has 2 aromatic rings. The van der Waals surface area contributed by atoms with Gasteiger partial charge >= 0.3 is 5.97 Å². The number of aryl methyl sites for hydroxylation is 1. The molecule has 0 aliphatic carbocycles. The van der Waals surface area contributed by atoms with Crippen LogP contribution in [-0.2, 0) is 16.1 Å². The van der Waals surface area contributed by atoms with Gasteiger partial charge in [0, 0.05) is 31.5 Å². The van der Waals surface area contributed by atoms with Gasteiger partial charge in [-0.05, 0) is 12.5 Å². The van der Waals surface area contributed by atoms with E-state index in [0.717, 1.165) is 13.0 Å². The summed E-state index contributed by atoms with van der Waals surface area (Å²) in [6.45, 7) is 1.10. The zero-order valence-corrected chi connectivity index (χ0v) is 13.8. The molecule has 0 unspecified atom stereocenters. The van der Waals surface area contributed by atoms with Crippen molar-refractivity contribution in [1.29, 1.82) is 0 Å². The Hall–Kier alpha value is -3.43. The van der Waals surface area contributed by atoms with Gasteiger partial charge in [0.2, 0.25) is 5.91 Å². The van der Waals surface area contributed by atoms with Crippen molar-refractivity contribution < 1.29 is 19.2 Å². The zero-order chi connectivity index (χ0) is 18.5. The number of imidazole rings is 1. The second kappa shape index (κ2) is 7.64. The summed E-state index contributed by atoms with van der Waals surface area (Å²) in [6, 6.07) is 3.97. The number of hydrogen-bond acceptors (Lipinski definition) is 7. The largest absolute Gasteiger partial charge is 0.423 e. The molecule has 0 radical (unpaired) electrons. The number of carbonyl (C=O) groups is 2. The van der Waals surface area contributed by atoms with Crippen LogP contribution < -0.4 is 15.0 Å². The lowest BCUT2D eigenvalue weighted by Gasteiger charge is -2.28. The topological polar surface area (TPSA) is 120 Å². The Balaban J connectivity index is 1.56. The van der Waals surface area contributed by atoms with Crippen molar-refractivity contribution >= 4 is 23.3 Å². The predicted molar refractivity (Wildman–Crippen MR) is 90.8 cm³/mol. The fraction of sp³-hybridized carbons (Fsp3) is 0.312. The second-order valence-electron chi connectivity index (χ2n) is 5.74. The molecule has 3 rings (SSSR count). The van der Waals surface area contributed by atoms with Gasteiger partial charge in [0.05, 0.1) is 29.5 Å². The highest BCUT2D eigenvalue weighted by molar-refractivity contribution is 5.89. The van der Waals surface area contributed by atoms with Crippen LogP contribution in [0.5, 0.6) is 5.75 Å². The van der Waals surface area contributed by atoms with Crippen molar-refractivity contribution in [3.63, 3.8) is 0 Å². The standard InChI is InChI=1S/C16H17N5O5/c22-15(18-4-1-6-19-7-5-17-11-19)9-20-10-16(23)26-14-8-12(21(24)25)2-3-13(14)20/h2-3,5,7-8,11H,1,4,6,9-10H2,(H,18,22). The second-order valence-corrected chi connectivity index (χ2v) is 5.74. The van der Waals surface area contributed by atoms with Gasteiger partial charge in [0.15, 0.2) is 5.75 Å². The van der Waals surface area contributed by atoms with Crippen molar-refractivity contribution in [1.82, 2.24) is 14.9 Å². The molecule has 0 saturated carbocycles. The molecule has 0 spiro atoms. The van der Waals surface area contributed by atoms with Crippen LogP contribution in [0.4, 0.5) is 11.4 Å². The first-order valence-electron chi connectivity index (χ1n) is 7.99. The molecule has 10 heteroatoms. The number of nitro benzene ring substituents is 1. The molecule has 1 aromatic carbocycles. The lowest BCUT2D eigenvalue weighted by atomic mass is 10.2. The van der Waals surface area contributed by atoms with Gasteiger partial charge in [-0.1, -0.05) is 0 Å². The molecule has 10 nitrogen and oxygen atoms in total. The van der Waals surface area contributed by atoms with Crippen LogP contribution in [-0.4, -0.2) is 46.0 Å². The maximum atomic E-state index is 12.1. The molecule has 1 aliphatic heterocycles. The lowest BCUT2D eigenvalue weighted by molar-refractivity contribution is -0.384. The Labute approximate surface area is 148 Å². The van der Waals surface area contributed by atoms with Crippen molar-refractivity contribution in [2.45, 2.75) is 13.0 Å². The highest BCUT2D eigenvalue weighted by Crippen LogP contribution is 2.34. The number of carbonyl (C=O) groups excluding carboxylic acids is 2. The molecular weight excluding hydrogens is 342 g/mol. The Kier molecular flexibility index (Phi) is 5.11. The number of esters is 1. The Bertz CT molecular complexity index is 820. The number of non-ortho nitro benzene ring substituents is 1. The van der Waals surface area contributed by atoms with E-state index < -0.39 is 10.9 Å². The van der Waals surface area contributed by atoms with E-state index in [-0.39, 0.29) is 30.4 Å². The smallest absolute Gasteiger partial charge is 0.331 e. The van der Waals surface area contributed by atoms with Gasteiger partial charge in [-0.3, -0.25) is 14.9 Å². The maximum absolute atomic E-state index is 12.1. The number of benzene rings is 1. The Morgan fingerprint density at radius 3 is 3.00 bits per heavy atom. The monoisotopic (exact) mass is 359 g/mol. The normalized spacial score (nSPS) is 13.1. The predicted octanol–water partition coefficient (Wildman–Crippen LogP) is 0.723. The number of rotatable bonds is 7. The molecule has 26 heavy (non-hydrogen) atoms. The Morgan fingerprint density at radius 1 is 1.42 bits per heavy atom. The molecular formula is C16H17N5O5. The van der Waals surface area contributed by atoms with Crippen LogP contribution in [0.3, 0.4) is 0 Å². The number of hydrogen-bond donors (Lipinski definition) is 1. The van der Waals surface area contributed by atoms with Gasteiger partial charge in [0.25, 0.3) is 5.69 Å². The molecule has 0 fully saturated rings. The highest BCUT2D eigenvalue weighted by Gasteiger charge is 2.27. The van der Waals surface area contributed by atoms with Crippen molar-refractivity contribution in [2.24, 2.45) is 0 Å². The van der Waals surface area contributed by atoms with Gasteiger partial charge in [-0.15, -0.1) is 0 Å². The Morgan fingerprint density at radius 2 is 2.27 bits per heavy atom. The van der Waals surface area contributed by atoms with Crippen LogP contribution in [0.25, 0.3) is 0 Å². The number of nitrogens with zero attached hydrogens (tertiary/aromatic N) is 4. The van der Waals surface area contributed by atoms with E-state index in [1.54, 1.807) is 12.5 Å². The summed E-state index contributed by atoms with van der Waals surface area (Å²) in [6.07, 6.45) is 5.98. The van der Waals surface area contributed by atoms with E-state index in [0.29, 0.717) is 12.2 Å². The van der Waals surface area contributed by atoms with Gasteiger partial charge in [0.1, 0.15) is 6.54 Å². The van der Waals surface area contributed by atoms with E-state index >= 15 is 0 Å². The fourth-order valence-electron chi connectivity index (χ4n) is 2.63. The lowest BCUT2D eigenvalue weighted by Crippen LogP contribution is -2.43. The summed E-state index contributed by atoms with van der Waals surface area (Å²) in [5.41, 5.74) is 0.297. The van der Waals surface area contributed by atoms with E-state index in [2.05, 4.69) is 10.3 Å². The molecule has 1 aromatic heterocycles. The quantitative estimate of drug-likeness (QED) is 0.254. The number of aromatic nitrogens is 2. The number of nitrogens with one attached hydrogen (secondary N) is 1. The number of amides is 1. The molecule has 2 heterocycles. The molecule has 1 aliphatic rings. The van der Waals surface area contributed by atoms with Crippen LogP contribution in [0.15, 0.2) is 36.9 Å². The van der Waals surface area contributed by atoms with Gasteiger partial charge in [-0.25, -0.2) is 9.78 Å². The maximum Gasteiger partial charge on any atom is 0.331 e. The molecule has 1 N–H and O–H groups in total. The molecule has 0 saturated heterocycles. The number of ether oxygens (including phenoxy) is 1. The minimum Gasteiger partial charge on any atom is -0.423 e. The van der Waals surface area contributed by atoms with Crippen molar-refractivity contribution in [2.75, 3.05) is 24.5 Å². The summed E-state index contributed by atoms with van der Waals surface area (Å²) in [5.74, 6) is -0.719. The average Bonchev–Trinajstić information content (AvgIpc) is 3.11. The first-order chi connectivity index (χ1) is 12.5. The molecule has 1 amide bonds. The first-order valence-corrected chi connectivity index (χ1v) is 7.99. The summed E-state index contributed by atoms with van der Waals surface area (Å²) < 4.78 is 6.96. The highest BCUT2D eigenvalue weighted by atomic mass is 16.6. The van der Waals surface area contributed by atoms with E-state index in [1.165, 1.54) is 23.1 Å². The minimum absolute atomic E-state index is 0.0367. The van der Waals surface area contributed by atoms with E-state index in [9.17, 15) is 19.7 Å². The number of anilines is 1. The third kappa shape index (κ3) is 4.15. The van der Waals surface area contributed by atoms with E-state index in [1.807, 2.05) is 10.8 Å². The van der Waals surface area contributed by atoms with E-state index in [4.69, 9.17) is 4.74 Å². The first kappa shape index (κ1) is 17.4. The third-order valence-corrected chi connectivity index (χ3v) is 3.85. The molecule has 0 atom stereocenters. The third-order valence-electron chi connectivity index (χ3n) is 3.85. The number of fused-ring (bicyclic) bond motifs is 1. The van der Waals surface area contributed by atoms with Crippen molar-refractivity contribution in [3.8, 4) is 5.75 Å². The zero-order valence-electron chi connectivity index (χ0n) is 13.8. The minimum atomic E-state index is -0.569. The van der Waals surface area contributed by atoms with Crippen molar-refractivity contribution in [3.05, 3.63) is 47.0 Å². The summed E-state index contributed by atoms with van der Waals surface area (Å²) >= 11 is 0. The fourth-order valence-corrected chi connectivity index (χ4v) is 2.63. The van der Waals surface area contributed by atoms with Crippen LogP contribution in [0, 0.1) is 10.1 Å². The summed E-state index contributed by atoms with van der Waals surface area (Å²) in [5, 5.41) is 13.6. The summed E-state index contributed by atoms with van der Waals surface area (Å²) in [4.78, 5) is 39.6.